The maximum absolute atomic E-state index is 5.84. The fourth-order valence-electron chi connectivity index (χ4n) is 2.93. The number of hydrogen-bond acceptors (Lipinski definition) is 1. The lowest BCUT2D eigenvalue weighted by Gasteiger charge is -2.14. The van der Waals surface area contributed by atoms with E-state index in [9.17, 15) is 0 Å². The van der Waals surface area contributed by atoms with Crippen LogP contribution < -0.4 is 0 Å². The van der Waals surface area contributed by atoms with Crippen molar-refractivity contribution in [2.75, 3.05) is 0 Å². The third kappa shape index (κ3) is 0.658. The van der Waals surface area contributed by atoms with Crippen molar-refractivity contribution >= 4 is 0 Å². The molecule has 1 aliphatic heterocycles. The molecule has 0 spiro atoms. The summed E-state index contributed by atoms with van der Waals surface area (Å²) in [7, 11) is 0. The summed E-state index contributed by atoms with van der Waals surface area (Å²) >= 11 is 0. The van der Waals surface area contributed by atoms with Crippen LogP contribution in [0.25, 0.3) is 0 Å². The van der Waals surface area contributed by atoms with Gasteiger partial charge in [0.1, 0.15) is 0 Å². The summed E-state index contributed by atoms with van der Waals surface area (Å²) in [5, 5.41) is 0. The molecule has 11 heavy (non-hydrogen) atoms. The van der Waals surface area contributed by atoms with Gasteiger partial charge in [0.2, 0.25) is 0 Å². The topological polar surface area (TPSA) is 12.5 Å². The van der Waals surface area contributed by atoms with Gasteiger partial charge >= 0.3 is 0 Å². The largest absolute Gasteiger partial charge is 0.363 e. The van der Waals surface area contributed by atoms with Crippen LogP contribution in [0.1, 0.15) is 40.5 Å². The molecule has 0 aromatic rings. The van der Waals surface area contributed by atoms with Gasteiger partial charge in [-0.25, -0.2) is 0 Å². The predicted octanol–water partition coefficient (Wildman–Crippen LogP) is 2.60. The Bertz CT molecular complexity index is 189. The van der Waals surface area contributed by atoms with Crippen molar-refractivity contribution in [2.45, 2.75) is 51.7 Å². The highest BCUT2D eigenvalue weighted by Crippen LogP contribution is 2.65. The smallest absolute Gasteiger partial charge is 0.0980 e. The van der Waals surface area contributed by atoms with Crippen LogP contribution in [0.3, 0.4) is 0 Å². The highest BCUT2D eigenvalue weighted by molar-refractivity contribution is 5.21. The molecule has 1 nitrogen and oxygen atoms in total. The van der Waals surface area contributed by atoms with E-state index in [0.29, 0.717) is 0 Å². The van der Waals surface area contributed by atoms with Gasteiger partial charge in [0.15, 0.2) is 0 Å². The number of rotatable bonds is 1. The van der Waals surface area contributed by atoms with Crippen LogP contribution in [-0.2, 0) is 4.74 Å². The van der Waals surface area contributed by atoms with Crippen molar-refractivity contribution in [1.29, 1.82) is 0 Å². The number of ether oxygens (including phenoxy) is 1. The Balaban J connectivity index is 2.23. The molecule has 64 valence electrons. The van der Waals surface area contributed by atoms with Crippen LogP contribution in [-0.4, -0.2) is 11.2 Å². The molecule has 0 aromatic heterocycles. The molecular weight excluding hydrogens is 136 g/mol. The molecule has 1 aliphatic carbocycles. The van der Waals surface area contributed by atoms with Crippen molar-refractivity contribution in [1.82, 2.24) is 0 Å². The van der Waals surface area contributed by atoms with E-state index in [1.807, 2.05) is 0 Å². The molecule has 2 fully saturated rings. The van der Waals surface area contributed by atoms with Gasteiger partial charge in [0.25, 0.3) is 0 Å². The fraction of sp³-hybridized carbons (Fsp3) is 1.00. The van der Waals surface area contributed by atoms with E-state index in [4.69, 9.17) is 4.74 Å². The highest BCUT2D eigenvalue weighted by Gasteiger charge is 2.73. The lowest BCUT2D eigenvalue weighted by atomic mass is 9.90. The highest BCUT2D eigenvalue weighted by atomic mass is 16.6. The molecule has 1 saturated carbocycles. The summed E-state index contributed by atoms with van der Waals surface area (Å²) in [4.78, 5) is 0. The molecule has 0 N–H and O–H groups in total. The number of epoxide rings is 1. The number of hydrogen-bond donors (Lipinski definition) is 0. The van der Waals surface area contributed by atoms with Crippen LogP contribution in [0, 0.1) is 11.8 Å². The van der Waals surface area contributed by atoms with Gasteiger partial charge in [-0.1, -0.05) is 20.3 Å². The predicted molar refractivity (Wildman–Crippen MR) is 45.5 cm³/mol. The first-order chi connectivity index (χ1) is 5.04. The van der Waals surface area contributed by atoms with Gasteiger partial charge in [-0.15, -0.1) is 0 Å². The third-order valence-electron chi connectivity index (χ3n) is 4.22. The summed E-state index contributed by atoms with van der Waals surface area (Å²) < 4.78 is 5.84. The van der Waals surface area contributed by atoms with Crippen LogP contribution in [0.4, 0.5) is 0 Å². The first-order valence-electron chi connectivity index (χ1n) is 4.74. The standard InChI is InChI=1S/C10H18O/c1-5-8-6-7(2)9(3)10(8,4)11-9/h7-8H,5-6H2,1-4H3. The molecule has 4 atom stereocenters. The summed E-state index contributed by atoms with van der Waals surface area (Å²) in [5.41, 5.74) is 0.467. The quantitative estimate of drug-likeness (QED) is 0.529. The van der Waals surface area contributed by atoms with E-state index in [2.05, 4.69) is 27.7 Å². The monoisotopic (exact) mass is 154 g/mol. The minimum atomic E-state index is 0.230. The molecule has 0 bridgehead atoms. The van der Waals surface area contributed by atoms with Gasteiger partial charge in [0.05, 0.1) is 11.2 Å². The normalized spacial score (nSPS) is 61.1. The van der Waals surface area contributed by atoms with E-state index in [1.54, 1.807) is 0 Å². The van der Waals surface area contributed by atoms with E-state index in [-0.39, 0.29) is 11.2 Å². The lowest BCUT2D eigenvalue weighted by Crippen LogP contribution is -2.21. The molecule has 0 amide bonds. The zero-order valence-electron chi connectivity index (χ0n) is 7.98. The molecule has 0 aromatic carbocycles. The Morgan fingerprint density at radius 2 is 2.00 bits per heavy atom. The Labute approximate surface area is 69.1 Å². The van der Waals surface area contributed by atoms with Crippen molar-refractivity contribution in [3.05, 3.63) is 0 Å². The first kappa shape index (κ1) is 7.60. The molecule has 2 rings (SSSR count). The van der Waals surface area contributed by atoms with E-state index < -0.39 is 0 Å². The van der Waals surface area contributed by atoms with Gasteiger partial charge in [-0.2, -0.15) is 0 Å². The maximum Gasteiger partial charge on any atom is 0.0980 e. The van der Waals surface area contributed by atoms with E-state index >= 15 is 0 Å². The summed E-state index contributed by atoms with van der Waals surface area (Å²) in [6.45, 7) is 9.15. The average Bonchev–Trinajstić information content (AvgIpc) is 2.45. The first-order valence-corrected chi connectivity index (χ1v) is 4.74. The molecule has 1 saturated heterocycles. The molecule has 1 heteroatoms. The molecule has 0 radical (unpaired) electrons. The van der Waals surface area contributed by atoms with Gasteiger partial charge in [-0.3, -0.25) is 0 Å². The van der Waals surface area contributed by atoms with Crippen LogP contribution in [0.5, 0.6) is 0 Å². The summed E-state index contributed by atoms with van der Waals surface area (Å²) in [6.07, 6.45) is 2.64. The fourth-order valence-corrected chi connectivity index (χ4v) is 2.93. The van der Waals surface area contributed by atoms with Gasteiger partial charge in [-0.05, 0) is 32.1 Å². The van der Waals surface area contributed by atoms with Crippen molar-refractivity contribution in [3.63, 3.8) is 0 Å². The second kappa shape index (κ2) is 1.82. The molecule has 2 aliphatic rings. The Morgan fingerprint density at radius 3 is 2.18 bits per heavy atom. The second-order valence-corrected chi connectivity index (χ2v) is 4.56. The Hall–Kier alpha value is -0.0400. The summed E-state index contributed by atoms with van der Waals surface area (Å²) in [6, 6.07) is 0. The zero-order chi connectivity index (χ0) is 8.28. The minimum absolute atomic E-state index is 0.230. The van der Waals surface area contributed by atoms with E-state index in [1.165, 1.54) is 12.8 Å². The minimum Gasteiger partial charge on any atom is -0.363 e. The van der Waals surface area contributed by atoms with Crippen LogP contribution in [0.15, 0.2) is 0 Å². The Morgan fingerprint density at radius 1 is 1.36 bits per heavy atom. The Kier molecular flexibility index (Phi) is 1.26. The van der Waals surface area contributed by atoms with Crippen molar-refractivity contribution in [3.8, 4) is 0 Å². The van der Waals surface area contributed by atoms with Crippen molar-refractivity contribution < 1.29 is 4.74 Å². The van der Waals surface area contributed by atoms with Gasteiger partial charge < -0.3 is 4.74 Å². The zero-order valence-corrected chi connectivity index (χ0v) is 7.98. The molecular formula is C10H18O. The summed E-state index contributed by atoms with van der Waals surface area (Å²) in [5.74, 6) is 1.57. The van der Waals surface area contributed by atoms with Crippen LogP contribution >= 0.6 is 0 Å². The van der Waals surface area contributed by atoms with Crippen molar-refractivity contribution in [2.24, 2.45) is 11.8 Å². The third-order valence-corrected chi connectivity index (χ3v) is 4.22. The lowest BCUT2D eigenvalue weighted by molar-refractivity contribution is 0.146. The van der Waals surface area contributed by atoms with Gasteiger partial charge in [0, 0.05) is 0 Å². The van der Waals surface area contributed by atoms with E-state index in [0.717, 1.165) is 11.8 Å². The van der Waals surface area contributed by atoms with Crippen LogP contribution in [0.2, 0.25) is 0 Å². The number of fused-ring (bicyclic) bond motifs is 1. The second-order valence-electron chi connectivity index (χ2n) is 4.56. The molecule has 1 heterocycles. The average molecular weight is 154 g/mol. The molecule has 4 unspecified atom stereocenters. The SMILES string of the molecule is CCC1CC(C)C2(C)OC12C. The maximum atomic E-state index is 5.84.